The molecule has 146 valence electrons. The number of nitrogens with zero attached hydrogens (tertiary/aromatic N) is 3. The van der Waals surface area contributed by atoms with E-state index >= 15 is 0 Å². The van der Waals surface area contributed by atoms with Gasteiger partial charge in [-0.15, -0.1) is 0 Å². The van der Waals surface area contributed by atoms with E-state index in [1.54, 1.807) is 12.1 Å². The van der Waals surface area contributed by atoms with Crippen LogP contribution in [0.15, 0.2) is 42.7 Å². The SMILES string of the molecule is COc1cc(C(N)=O)c2ncnc(N(C)C(C)(CN)c3ccc(Cl)cc3)c2c1. The number of aromatic nitrogens is 2. The maximum absolute atomic E-state index is 11.9. The van der Waals surface area contributed by atoms with Crippen LogP contribution in [0.1, 0.15) is 22.8 Å². The fourth-order valence-corrected chi connectivity index (χ4v) is 3.32. The van der Waals surface area contributed by atoms with E-state index in [1.807, 2.05) is 43.1 Å². The van der Waals surface area contributed by atoms with Gasteiger partial charge in [0.2, 0.25) is 0 Å². The van der Waals surface area contributed by atoms with Gasteiger partial charge >= 0.3 is 0 Å². The molecule has 8 heteroatoms. The van der Waals surface area contributed by atoms with Crippen LogP contribution >= 0.6 is 11.6 Å². The number of likely N-dealkylation sites (N-methyl/N-ethyl adjacent to an activating group) is 1. The zero-order valence-corrected chi connectivity index (χ0v) is 16.7. The number of methoxy groups -OCH3 is 1. The summed E-state index contributed by atoms with van der Waals surface area (Å²) in [7, 11) is 3.42. The standard InChI is InChI=1S/C20H22ClN5O2/c1-20(10-22,12-4-6-13(21)7-5-12)26(2)19-16-9-14(28-3)8-15(18(23)27)17(16)24-11-25-19/h4-9,11H,10,22H2,1-3H3,(H2,23,27). The summed E-state index contributed by atoms with van der Waals surface area (Å²) in [6.45, 7) is 2.34. The van der Waals surface area contributed by atoms with Gasteiger partial charge in [-0.3, -0.25) is 4.79 Å². The summed E-state index contributed by atoms with van der Waals surface area (Å²) in [5.74, 6) is 0.511. The normalized spacial score (nSPS) is 13.2. The number of halogens is 1. The van der Waals surface area contributed by atoms with Gasteiger partial charge in [-0.05, 0) is 36.8 Å². The largest absolute Gasteiger partial charge is 0.497 e. The van der Waals surface area contributed by atoms with Gasteiger partial charge in [0.25, 0.3) is 5.91 Å². The van der Waals surface area contributed by atoms with Crippen molar-refractivity contribution in [3.63, 3.8) is 0 Å². The van der Waals surface area contributed by atoms with E-state index in [2.05, 4.69) is 9.97 Å². The van der Waals surface area contributed by atoms with Crippen molar-refractivity contribution in [2.24, 2.45) is 11.5 Å². The molecule has 0 radical (unpaired) electrons. The first-order valence-electron chi connectivity index (χ1n) is 8.64. The van der Waals surface area contributed by atoms with Gasteiger partial charge in [0.15, 0.2) is 0 Å². The van der Waals surface area contributed by atoms with Crippen molar-refractivity contribution in [2.45, 2.75) is 12.5 Å². The number of ether oxygens (including phenoxy) is 1. The molecule has 1 unspecified atom stereocenters. The maximum Gasteiger partial charge on any atom is 0.251 e. The lowest BCUT2D eigenvalue weighted by Crippen LogP contribution is -2.47. The van der Waals surface area contributed by atoms with Gasteiger partial charge in [0, 0.05) is 24.0 Å². The van der Waals surface area contributed by atoms with Crippen molar-refractivity contribution in [3.05, 3.63) is 58.9 Å². The second-order valence-electron chi connectivity index (χ2n) is 6.68. The van der Waals surface area contributed by atoms with Crippen molar-refractivity contribution in [3.8, 4) is 5.75 Å². The lowest BCUT2D eigenvalue weighted by molar-refractivity contribution is 0.100. The van der Waals surface area contributed by atoms with E-state index in [1.165, 1.54) is 13.4 Å². The summed E-state index contributed by atoms with van der Waals surface area (Å²) in [6.07, 6.45) is 1.41. The predicted octanol–water partition coefficient (Wildman–Crippen LogP) is 2.70. The summed E-state index contributed by atoms with van der Waals surface area (Å²) in [5, 5.41) is 1.29. The van der Waals surface area contributed by atoms with Gasteiger partial charge in [0.05, 0.1) is 23.7 Å². The van der Waals surface area contributed by atoms with Crippen LogP contribution in [0.4, 0.5) is 5.82 Å². The number of hydrogen-bond donors (Lipinski definition) is 2. The molecule has 0 saturated carbocycles. The van der Waals surface area contributed by atoms with Crippen molar-refractivity contribution in [1.29, 1.82) is 0 Å². The number of amides is 1. The monoisotopic (exact) mass is 399 g/mol. The summed E-state index contributed by atoms with van der Waals surface area (Å²) < 4.78 is 5.34. The molecule has 3 aromatic rings. The fourth-order valence-electron chi connectivity index (χ4n) is 3.19. The number of hydrogen-bond acceptors (Lipinski definition) is 6. The second kappa shape index (κ2) is 7.61. The van der Waals surface area contributed by atoms with Crippen LogP contribution in [-0.4, -0.2) is 36.6 Å². The molecule has 1 heterocycles. The summed E-state index contributed by atoms with van der Waals surface area (Å²) in [4.78, 5) is 22.6. The molecule has 0 fully saturated rings. The highest BCUT2D eigenvalue weighted by Gasteiger charge is 2.32. The maximum atomic E-state index is 11.9. The summed E-state index contributed by atoms with van der Waals surface area (Å²) >= 11 is 6.04. The van der Waals surface area contributed by atoms with E-state index < -0.39 is 11.4 Å². The van der Waals surface area contributed by atoms with Crippen LogP contribution in [0.2, 0.25) is 5.02 Å². The molecular weight excluding hydrogens is 378 g/mol. The minimum Gasteiger partial charge on any atom is -0.497 e. The number of anilines is 1. The number of nitrogens with two attached hydrogens (primary N) is 2. The Kier molecular flexibility index (Phi) is 5.40. The topological polar surface area (TPSA) is 107 Å². The van der Waals surface area contributed by atoms with Crippen molar-refractivity contribution < 1.29 is 9.53 Å². The Morgan fingerprint density at radius 3 is 2.50 bits per heavy atom. The van der Waals surface area contributed by atoms with Crippen LogP contribution in [0, 0.1) is 0 Å². The van der Waals surface area contributed by atoms with E-state index in [-0.39, 0.29) is 5.56 Å². The van der Waals surface area contributed by atoms with Crippen LogP contribution < -0.4 is 21.1 Å². The Bertz CT molecular complexity index is 1030. The molecular formula is C20H22ClN5O2. The summed E-state index contributed by atoms with van der Waals surface area (Å²) in [6, 6.07) is 10.9. The number of carbonyl (C=O) groups is 1. The molecule has 7 nitrogen and oxygen atoms in total. The average molecular weight is 400 g/mol. The minimum absolute atomic E-state index is 0.271. The number of fused-ring (bicyclic) bond motifs is 1. The van der Waals surface area contributed by atoms with Gasteiger partial charge < -0.3 is 21.1 Å². The zero-order chi connectivity index (χ0) is 20.5. The second-order valence-corrected chi connectivity index (χ2v) is 7.11. The molecule has 1 amide bonds. The van der Waals surface area contributed by atoms with Gasteiger partial charge in [-0.1, -0.05) is 23.7 Å². The molecule has 0 bridgehead atoms. The van der Waals surface area contributed by atoms with Crippen molar-refractivity contribution in [2.75, 3.05) is 25.6 Å². The third-order valence-electron chi connectivity index (χ3n) is 5.11. The molecule has 0 aliphatic rings. The first-order valence-corrected chi connectivity index (χ1v) is 9.02. The van der Waals surface area contributed by atoms with Crippen LogP contribution in [0.5, 0.6) is 5.75 Å². The molecule has 2 aromatic carbocycles. The van der Waals surface area contributed by atoms with Gasteiger partial charge in [0.1, 0.15) is 17.9 Å². The van der Waals surface area contributed by atoms with E-state index in [9.17, 15) is 4.79 Å². The van der Waals surface area contributed by atoms with Crippen molar-refractivity contribution >= 4 is 34.2 Å². The minimum atomic E-state index is -0.588. The van der Waals surface area contributed by atoms with Crippen LogP contribution in [0.3, 0.4) is 0 Å². The molecule has 0 aliphatic carbocycles. The third-order valence-corrected chi connectivity index (χ3v) is 5.37. The van der Waals surface area contributed by atoms with E-state index in [0.29, 0.717) is 34.0 Å². The zero-order valence-electron chi connectivity index (χ0n) is 15.9. The van der Waals surface area contributed by atoms with Crippen molar-refractivity contribution in [1.82, 2.24) is 9.97 Å². The molecule has 0 aliphatic heterocycles. The highest BCUT2D eigenvalue weighted by Crippen LogP contribution is 2.36. The molecule has 4 N–H and O–H groups in total. The Labute approximate surface area is 168 Å². The number of benzene rings is 2. The fraction of sp³-hybridized carbons (Fsp3) is 0.250. The van der Waals surface area contributed by atoms with Crippen LogP contribution in [-0.2, 0) is 5.54 Å². The quantitative estimate of drug-likeness (QED) is 0.659. The number of rotatable bonds is 6. The Balaban J connectivity index is 2.22. The Hall–Kier alpha value is -2.90. The Morgan fingerprint density at radius 2 is 1.93 bits per heavy atom. The van der Waals surface area contributed by atoms with E-state index in [0.717, 1.165) is 5.56 Å². The predicted molar refractivity (Wildman–Crippen MR) is 111 cm³/mol. The average Bonchev–Trinajstić information content (AvgIpc) is 2.71. The highest BCUT2D eigenvalue weighted by atomic mass is 35.5. The highest BCUT2D eigenvalue weighted by molar-refractivity contribution is 6.30. The lowest BCUT2D eigenvalue weighted by atomic mass is 9.90. The van der Waals surface area contributed by atoms with Gasteiger partial charge in [-0.25, -0.2) is 9.97 Å². The van der Waals surface area contributed by atoms with E-state index in [4.69, 9.17) is 27.8 Å². The molecule has 0 saturated heterocycles. The Morgan fingerprint density at radius 1 is 1.25 bits per heavy atom. The molecule has 28 heavy (non-hydrogen) atoms. The lowest BCUT2D eigenvalue weighted by Gasteiger charge is -2.40. The van der Waals surface area contributed by atoms with Gasteiger partial charge in [-0.2, -0.15) is 0 Å². The first kappa shape index (κ1) is 19.9. The number of primary amides is 1. The molecule has 3 rings (SSSR count). The first-order chi connectivity index (χ1) is 13.3. The van der Waals surface area contributed by atoms with Crippen LogP contribution in [0.25, 0.3) is 10.9 Å². The number of carbonyl (C=O) groups excluding carboxylic acids is 1. The smallest absolute Gasteiger partial charge is 0.251 e. The molecule has 0 spiro atoms. The summed E-state index contributed by atoms with van der Waals surface area (Å²) in [5.41, 5.74) is 12.8. The molecule has 1 aromatic heterocycles. The third kappa shape index (κ3) is 3.34. The molecule has 1 atom stereocenters.